The van der Waals surface area contributed by atoms with E-state index in [1.165, 1.54) is 10.9 Å². The van der Waals surface area contributed by atoms with E-state index in [1.54, 1.807) is 4.90 Å². The minimum absolute atomic E-state index is 0.00711. The summed E-state index contributed by atoms with van der Waals surface area (Å²) in [4.78, 5) is 25.6. The molecule has 3 N–H and O–H groups in total. The van der Waals surface area contributed by atoms with E-state index in [9.17, 15) is 9.59 Å². The second-order valence-corrected chi connectivity index (χ2v) is 4.53. The van der Waals surface area contributed by atoms with Crippen LogP contribution in [0.5, 0.6) is 0 Å². The summed E-state index contributed by atoms with van der Waals surface area (Å²) in [6.07, 6.45) is 3.52. The molecule has 7 heteroatoms. The Labute approximate surface area is 111 Å². The number of anilines is 1. The summed E-state index contributed by atoms with van der Waals surface area (Å²) in [6, 6.07) is 0. The third kappa shape index (κ3) is 2.86. The van der Waals surface area contributed by atoms with Crippen molar-refractivity contribution in [2.24, 2.45) is 0 Å². The van der Waals surface area contributed by atoms with Crippen LogP contribution in [0.4, 0.5) is 5.69 Å². The summed E-state index contributed by atoms with van der Waals surface area (Å²) >= 11 is 0. The number of rotatable bonds is 4. The van der Waals surface area contributed by atoms with E-state index < -0.39 is 0 Å². The topological polar surface area (TPSA) is 93.2 Å². The highest BCUT2D eigenvalue weighted by atomic mass is 16.2. The van der Waals surface area contributed by atoms with Crippen LogP contribution in [0.1, 0.15) is 30.3 Å². The lowest BCUT2D eigenvalue weighted by Crippen LogP contribution is -2.39. The Morgan fingerprint density at radius 1 is 1.42 bits per heavy atom. The van der Waals surface area contributed by atoms with Crippen LogP contribution in [-0.4, -0.2) is 46.1 Å². The van der Waals surface area contributed by atoms with Gasteiger partial charge in [-0.25, -0.2) is 0 Å². The molecule has 2 amide bonds. The summed E-state index contributed by atoms with van der Waals surface area (Å²) < 4.78 is 1.52. The summed E-state index contributed by atoms with van der Waals surface area (Å²) in [5.74, 6) is -0.406. The summed E-state index contributed by atoms with van der Waals surface area (Å²) in [7, 11) is 0. The van der Waals surface area contributed by atoms with Crippen LogP contribution in [0.25, 0.3) is 0 Å². The Bertz CT molecular complexity index is 476. The number of carbonyl (C=O) groups is 2. The van der Waals surface area contributed by atoms with Gasteiger partial charge < -0.3 is 16.0 Å². The Kier molecular flexibility index (Phi) is 4.03. The van der Waals surface area contributed by atoms with E-state index in [0.717, 1.165) is 25.9 Å². The van der Waals surface area contributed by atoms with Gasteiger partial charge in [-0.3, -0.25) is 14.3 Å². The molecular formula is C12H19N5O2. The summed E-state index contributed by atoms with van der Waals surface area (Å²) in [5.41, 5.74) is 6.35. The number of hydrogen-bond acceptors (Lipinski definition) is 4. The molecule has 0 atom stereocenters. The predicted molar refractivity (Wildman–Crippen MR) is 70.5 cm³/mol. The molecule has 1 aliphatic heterocycles. The van der Waals surface area contributed by atoms with Gasteiger partial charge in [0.05, 0.1) is 18.4 Å². The first-order valence-electron chi connectivity index (χ1n) is 6.50. The van der Waals surface area contributed by atoms with Crippen LogP contribution in [0, 0.1) is 0 Å². The number of nitrogens with zero attached hydrogens (tertiary/aromatic N) is 3. The molecule has 0 aliphatic carbocycles. The second kappa shape index (κ2) is 5.73. The van der Waals surface area contributed by atoms with E-state index in [4.69, 9.17) is 5.73 Å². The number of carbonyl (C=O) groups excluding carboxylic acids is 2. The van der Waals surface area contributed by atoms with Gasteiger partial charge in [0.15, 0.2) is 0 Å². The predicted octanol–water partition coefficient (Wildman–Crippen LogP) is -0.163. The fraction of sp³-hybridized carbons (Fsp3) is 0.583. The molecule has 0 saturated carbocycles. The number of nitrogens with one attached hydrogen (secondary N) is 1. The van der Waals surface area contributed by atoms with E-state index in [2.05, 4.69) is 10.4 Å². The lowest BCUT2D eigenvalue weighted by Gasteiger charge is -2.15. The van der Waals surface area contributed by atoms with Crippen molar-refractivity contribution in [3.05, 3.63) is 11.9 Å². The van der Waals surface area contributed by atoms with Gasteiger partial charge in [0, 0.05) is 19.6 Å². The Balaban J connectivity index is 1.93. The molecule has 2 heterocycles. The van der Waals surface area contributed by atoms with Crippen molar-refractivity contribution in [1.29, 1.82) is 0 Å². The maximum Gasteiger partial charge on any atom is 0.272 e. The van der Waals surface area contributed by atoms with Gasteiger partial charge in [-0.2, -0.15) is 5.10 Å². The van der Waals surface area contributed by atoms with Crippen molar-refractivity contribution in [1.82, 2.24) is 20.0 Å². The van der Waals surface area contributed by atoms with Crippen LogP contribution >= 0.6 is 0 Å². The Hall–Kier alpha value is -2.05. The quantitative estimate of drug-likeness (QED) is 0.791. The zero-order valence-corrected chi connectivity index (χ0v) is 11.1. The highest BCUT2D eigenvalue weighted by Gasteiger charge is 2.20. The first kappa shape index (κ1) is 13.4. The van der Waals surface area contributed by atoms with Crippen LogP contribution in [-0.2, 0) is 11.3 Å². The lowest BCUT2D eigenvalue weighted by atomic mass is 10.3. The maximum absolute atomic E-state index is 12.0. The van der Waals surface area contributed by atoms with Crippen molar-refractivity contribution in [2.45, 2.75) is 26.3 Å². The molecule has 0 spiro atoms. The average Bonchev–Trinajstić information content (AvgIpc) is 3.04. The number of hydrogen-bond donors (Lipinski definition) is 2. The van der Waals surface area contributed by atoms with Gasteiger partial charge in [0.1, 0.15) is 5.69 Å². The Morgan fingerprint density at radius 2 is 2.11 bits per heavy atom. The standard InChI is InChI=1S/C12H19N5O2/c1-2-17-11(9(13)7-15-17)12(19)14-8-10(18)16-5-3-4-6-16/h7H,2-6,8,13H2,1H3,(H,14,19). The van der Waals surface area contributed by atoms with Gasteiger partial charge in [-0.1, -0.05) is 0 Å². The number of likely N-dealkylation sites (tertiary alicyclic amines) is 1. The molecule has 1 fully saturated rings. The van der Waals surface area contributed by atoms with Crippen molar-refractivity contribution in [2.75, 3.05) is 25.4 Å². The fourth-order valence-corrected chi connectivity index (χ4v) is 2.21. The van der Waals surface area contributed by atoms with Gasteiger partial charge in [0.25, 0.3) is 5.91 Å². The monoisotopic (exact) mass is 265 g/mol. The number of amides is 2. The van der Waals surface area contributed by atoms with Gasteiger partial charge in [-0.15, -0.1) is 0 Å². The molecule has 0 unspecified atom stereocenters. The molecule has 0 radical (unpaired) electrons. The van der Waals surface area contributed by atoms with Crippen molar-refractivity contribution in [3.63, 3.8) is 0 Å². The number of nitrogen functional groups attached to an aromatic ring is 1. The van der Waals surface area contributed by atoms with Crippen LogP contribution < -0.4 is 11.1 Å². The van der Waals surface area contributed by atoms with Gasteiger partial charge in [-0.05, 0) is 19.8 Å². The minimum atomic E-state index is -0.357. The smallest absolute Gasteiger partial charge is 0.272 e. The first-order chi connectivity index (χ1) is 9.13. The van der Waals surface area contributed by atoms with Crippen molar-refractivity contribution < 1.29 is 9.59 Å². The molecule has 19 heavy (non-hydrogen) atoms. The molecule has 104 valence electrons. The molecule has 0 aromatic carbocycles. The first-order valence-corrected chi connectivity index (χ1v) is 6.50. The van der Waals surface area contributed by atoms with Crippen LogP contribution in [0.2, 0.25) is 0 Å². The van der Waals surface area contributed by atoms with Gasteiger partial charge in [0.2, 0.25) is 5.91 Å². The van der Waals surface area contributed by atoms with Crippen LogP contribution in [0.3, 0.4) is 0 Å². The molecule has 7 nitrogen and oxygen atoms in total. The van der Waals surface area contributed by atoms with E-state index in [1.807, 2.05) is 6.92 Å². The third-order valence-corrected chi connectivity index (χ3v) is 3.24. The average molecular weight is 265 g/mol. The normalized spacial score (nSPS) is 14.7. The molecule has 1 saturated heterocycles. The number of aromatic nitrogens is 2. The number of nitrogens with two attached hydrogens (primary N) is 1. The lowest BCUT2D eigenvalue weighted by molar-refractivity contribution is -0.129. The minimum Gasteiger partial charge on any atom is -0.396 e. The van der Waals surface area contributed by atoms with E-state index >= 15 is 0 Å². The summed E-state index contributed by atoms with van der Waals surface area (Å²) in [6.45, 7) is 4.00. The molecule has 1 aliphatic rings. The van der Waals surface area contributed by atoms with Gasteiger partial charge >= 0.3 is 0 Å². The summed E-state index contributed by atoms with van der Waals surface area (Å²) in [5, 5.41) is 6.60. The fourth-order valence-electron chi connectivity index (χ4n) is 2.21. The highest BCUT2D eigenvalue weighted by molar-refractivity contribution is 5.99. The molecule has 1 aromatic rings. The van der Waals surface area contributed by atoms with Crippen molar-refractivity contribution in [3.8, 4) is 0 Å². The number of aryl methyl sites for hydroxylation is 1. The maximum atomic E-state index is 12.0. The molecule has 2 rings (SSSR count). The van der Waals surface area contributed by atoms with E-state index in [-0.39, 0.29) is 18.4 Å². The SMILES string of the molecule is CCn1ncc(N)c1C(=O)NCC(=O)N1CCCC1. The Morgan fingerprint density at radius 3 is 2.74 bits per heavy atom. The molecule has 1 aromatic heterocycles. The van der Waals surface area contributed by atoms with Crippen molar-refractivity contribution >= 4 is 17.5 Å². The van der Waals surface area contributed by atoms with E-state index in [0.29, 0.717) is 17.9 Å². The molecular weight excluding hydrogens is 246 g/mol. The second-order valence-electron chi connectivity index (χ2n) is 4.53. The zero-order chi connectivity index (χ0) is 13.8. The third-order valence-electron chi connectivity index (χ3n) is 3.24. The molecule has 0 bridgehead atoms. The largest absolute Gasteiger partial charge is 0.396 e. The van der Waals surface area contributed by atoms with Crippen LogP contribution in [0.15, 0.2) is 6.20 Å². The highest BCUT2D eigenvalue weighted by Crippen LogP contribution is 2.10. The zero-order valence-electron chi connectivity index (χ0n) is 11.1.